The summed E-state index contributed by atoms with van der Waals surface area (Å²) in [4.78, 5) is 2.55. The van der Waals surface area contributed by atoms with Crippen molar-refractivity contribution in [2.75, 3.05) is 14.2 Å². The molecule has 1 atom stereocenters. The number of benzene rings is 1. The molecule has 1 unspecified atom stereocenters. The highest BCUT2D eigenvalue weighted by molar-refractivity contribution is 7.12. The Bertz CT molecular complexity index is 575. The van der Waals surface area contributed by atoms with Crippen molar-refractivity contribution >= 4 is 11.3 Å². The van der Waals surface area contributed by atoms with Crippen molar-refractivity contribution in [1.82, 2.24) is 5.32 Å². The summed E-state index contributed by atoms with van der Waals surface area (Å²) in [5, 5.41) is 3.28. The van der Waals surface area contributed by atoms with Gasteiger partial charge in [0, 0.05) is 15.8 Å². The second kappa shape index (κ2) is 6.37. The number of halogens is 1. The second-order valence-electron chi connectivity index (χ2n) is 4.87. The molecule has 0 aliphatic rings. The molecule has 0 saturated heterocycles. The molecule has 0 aliphatic carbocycles. The third-order valence-corrected chi connectivity index (χ3v) is 4.83. The molecule has 4 heteroatoms. The molecule has 1 N–H and O–H groups in total. The molecule has 0 radical (unpaired) electrons. The molecule has 2 nitrogen and oxygen atoms in total. The van der Waals surface area contributed by atoms with E-state index in [1.165, 1.54) is 22.4 Å². The fourth-order valence-electron chi connectivity index (χ4n) is 2.21. The fraction of sp³-hybridized carbons (Fsp3) is 0.375. The number of hydrogen-bond acceptors (Lipinski definition) is 3. The van der Waals surface area contributed by atoms with Gasteiger partial charge < -0.3 is 10.1 Å². The van der Waals surface area contributed by atoms with Crippen LogP contribution in [0, 0.1) is 19.7 Å². The van der Waals surface area contributed by atoms with Gasteiger partial charge >= 0.3 is 0 Å². The highest BCUT2D eigenvalue weighted by Crippen LogP contribution is 2.30. The predicted molar refractivity (Wildman–Crippen MR) is 82.2 cm³/mol. The van der Waals surface area contributed by atoms with Gasteiger partial charge in [0.25, 0.3) is 0 Å². The van der Waals surface area contributed by atoms with E-state index in [-0.39, 0.29) is 11.9 Å². The van der Waals surface area contributed by atoms with Gasteiger partial charge in [0.1, 0.15) is 0 Å². The molecular weight excluding hydrogens is 273 g/mol. The maximum atomic E-state index is 14.2. The van der Waals surface area contributed by atoms with Gasteiger partial charge in [-0.2, -0.15) is 0 Å². The molecule has 108 valence electrons. The first-order chi connectivity index (χ1) is 9.56. The Morgan fingerprint density at radius 2 is 2.10 bits per heavy atom. The average Bonchev–Trinajstić information content (AvgIpc) is 2.77. The number of aryl methyl sites for hydroxylation is 2. The summed E-state index contributed by atoms with van der Waals surface area (Å²) in [6.45, 7) is 4.22. The number of nitrogens with one attached hydrogen (secondary N) is 1. The molecule has 0 spiro atoms. The first-order valence-corrected chi connectivity index (χ1v) is 7.44. The van der Waals surface area contributed by atoms with Crippen molar-refractivity contribution in [1.29, 1.82) is 0 Å². The van der Waals surface area contributed by atoms with Crippen molar-refractivity contribution in [2.45, 2.75) is 26.3 Å². The smallest absolute Gasteiger partial charge is 0.168 e. The van der Waals surface area contributed by atoms with E-state index in [1.54, 1.807) is 17.4 Å². The van der Waals surface area contributed by atoms with Gasteiger partial charge in [-0.15, -0.1) is 11.3 Å². The summed E-state index contributed by atoms with van der Waals surface area (Å²) in [6, 6.07) is 7.59. The van der Waals surface area contributed by atoms with Crippen LogP contribution in [0.2, 0.25) is 0 Å². The van der Waals surface area contributed by atoms with Gasteiger partial charge in [0.05, 0.1) is 7.11 Å². The minimum absolute atomic E-state index is 0.119. The average molecular weight is 293 g/mol. The van der Waals surface area contributed by atoms with Crippen LogP contribution in [0.3, 0.4) is 0 Å². The largest absolute Gasteiger partial charge is 0.494 e. The predicted octanol–water partition coefficient (Wildman–Crippen LogP) is 4.02. The van der Waals surface area contributed by atoms with E-state index in [2.05, 4.69) is 25.2 Å². The molecule has 0 aliphatic heterocycles. The summed E-state index contributed by atoms with van der Waals surface area (Å²) in [5.41, 5.74) is 1.96. The second-order valence-corrected chi connectivity index (χ2v) is 6.15. The number of ether oxygens (including phenoxy) is 1. The van der Waals surface area contributed by atoms with Gasteiger partial charge in [-0.3, -0.25) is 0 Å². The standard InChI is InChI=1S/C16H20FNOS/c1-10-8-15(20-11(10)2)13(18-3)9-12-6-5-7-14(19-4)16(12)17/h5-8,13,18H,9H2,1-4H3. The Morgan fingerprint density at radius 1 is 1.35 bits per heavy atom. The van der Waals surface area contributed by atoms with E-state index < -0.39 is 0 Å². The monoisotopic (exact) mass is 293 g/mol. The van der Waals surface area contributed by atoms with Crippen molar-refractivity contribution in [3.63, 3.8) is 0 Å². The Labute approximate surface area is 123 Å². The molecule has 1 aromatic carbocycles. The van der Waals surface area contributed by atoms with Crippen LogP contribution in [0.15, 0.2) is 24.3 Å². The Balaban J connectivity index is 2.26. The molecule has 20 heavy (non-hydrogen) atoms. The topological polar surface area (TPSA) is 21.3 Å². The fourth-order valence-corrected chi connectivity index (χ4v) is 3.36. The number of methoxy groups -OCH3 is 1. The number of rotatable bonds is 5. The summed E-state index contributed by atoms with van der Waals surface area (Å²) in [7, 11) is 3.40. The van der Waals surface area contributed by atoms with Gasteiger partial charge in [0.15, 0.2) is 11.6 Å². The van der Waals surface area contributed by atoms with Crippen molar-refractivity contribution in [3.8, 4) is 5.75 Å². The molecule has 1 heterocycles. The summed E-state index contributed by atoms with van der Waals surface area (Å²) in [6.07, 6.45) is 0.610. The highest BCUT2D eigenvalue weighted by Gasteiger charge is 2.17. The van der Waals surface area contributed by atoms with Crippen LogP contribution in [0.4, 0.5) is 4.39 Å². The Hall–Kier alpha value is -1.39. The number of thiophene rings is 1. The Kier molecular flexibility index (Phi) is 4.78. The molecule has 2 rings (SSSR count). The summed E-state index contributed by atoms with van der Waals surface area (Å²) < 4.78 is 19.3. The van der Waals surface area contributed by atoms with E-state index >= 15 is 0 Å². The molecule has 0 fully saturated rings. The van der Waals surface area contributed by atoms with Gasteiger partial charge in [-0.05, 0) is 50.6 Å². The van der Waals surface area contributed by atoms with Crippen LogP contribution >= 0.6 is 11.3 Å². The number of likely N-dealkylation sites (N-methyl/N-ethyl adjacent to an activating group) is 1. The zero-order valence-electron chi connectivity index (χ0n) is 12.3. The van der Waals surface area contributed by atoms with Crippen LogP contribution in [0.25, 0.3) is 0 Å². The maximum absolute atomic E-state index is 14.2. The molecule has 1 aromatic heterocycles. The van der Waals surface area contributed by atoms with Crippen molar-refractivity contribution in [2.24, 2.45) is 0 Å². The first kappa shape index (κ1) is 15.0. The molecular formula is C16H20FNOS. The Morgan fingerprint density at radius 3 is 2.65 bits per heavy atom. The van der Waals surface area contributed by atoms with E-state index in [0.717, 1.165) is 0 Å². The minimum atomic E-state index is -0.264. The summed E-state index contributed by atoms with van der Waals surface area (Å²) in [5.74, 6) is 0.0381. The third-order valence-electron chi connectivity index (χ3n) is 3.56. The molecule has 0 amide bonds. The third kappa shape index (κ3) is 3.02. The minimum Gasteiger partial charge on any atom is -0.494 e. The lowest BCUT2D eigenvalue weighted by molar-refractivity contribution is 0.383. The van der Waals surface area contributed by atoms with E-state index in [0.29, 0.717) is 17.7 Å². The van der Waals surface area contributed by atoms with Crippen LogP contribution in [0.1, 0.15) is 26.9 Å². The van der Waals surface area contributed by atoms with Crippen LogP contribution < -0.4 is 10.1 Å². The van der Waals surface area contributed by atoms with Crippen LogP contribution in [0.5, 0.6) is 5.75 Å². The zero-order chi connectivity index (χ0) is 14.7. The maximum Gasteiger partial charge on any atom is 0.168 e. The van der Waals surface area contributed by atoms with Crippen molar-refractivity contribution in [3.05, 3.63) is 51.0 Å². The van der Waals surface area contributed by atoms with Gasteiger partial charge in [-0.25, -0.2) is 4.39 Å². The lowest BCUT2D eigenvalue weighted by Gasteiger charge is -2.16. The van der Waals surface area contributed by atoms with Crippen LogP contribution in [-0.2, 0) is 6.42 Å². The van der Waals surface area contributed by atoms with Gasteiger partial charge in [0.2, 0.25) is 0 Å². The van der Waals surface area contributed by atoms with Crippen molar-refractivity contribution < 1.29 is 9.13 Å². The lowest BCUT2D eigenvalue weighted by Crippen LogP contribution is -2.18. The normalized spacial score (nSPS) is 12.4. The number of hydrogen-bond donors (Lipinski definition) is 1. The zero-order valence-corrected chi connectivity index (χ0v) is 13.1. The lowest BCUT2D eigenvalue weighted by atomic mass is 10.0. The van der Waals surface area contributed by atoms with E-state index in [1.807, 2.05) is 19.2 Å². The SMILES string of the molecule is CNC(Cc1cccc(OC)c1F)c1cc(C)c(C)s1. The van der Waals surface area contributed by atoms with Gasteiger partial charge in [-0.1, -0.05) is 12.1 Å². The molecule has 0 bridgehead atoms. The highest BCUT2D eigenvalue weighted by atomic mass is 32.1. The quantitative estimate of drug-likeness (QED) is 0.899. The first-order valence-electron chi connectivity index (χ1n) is 6.62. The van der Waals surface area contributed by atoms with E-state index in [9.17, 15) is 4.39 Å². The van der Waals surface area contributed by atoms with Crippen LogP contribution in [-0.4, -0.2) is 14.2 Å². The van der Waals surface area contributed by atoms with E-state index in [4.69, 9.17) is 4.74 Å². The molecule has 0 saturated carbocycles. The summed E-state index contributed by atoms with van der Waals surface area (Å²) >= 11 is 1.77. The molecule has 2 aromatic rings.